The zero-order chi connectivity index (χ0) is 15.1. The first kappa shape index (κ1) is 15.5. The summed E-state index contributed by atoms with van der Waals surface area (Å²) in [6, 6.07) is 14.0. The van der Waals surface area contributed by atoms with Crippen LogP contribution in [0.1, 0.15) is 24.5 Å². The molecule has 0 amide bonds. The van der Waals surface area contributed by atoms with Gasteiger partial charge < -0.3 is 11.1 Å². The van der Waals surface area contributed by atoms with Crippen molar-refractivity contribution in [2.45, 2.75) is 18.2 Å². The van der Waals surface area contributed by atoms with Gasteiger partial charge in [0.05, 0.1) is 11.4 Å². The summed E-state index contributed by atoms with van der Waals surface area (Å²) >= 11 is 1.26. The Morgan fingerprint density at radius 2 is 1.76 bits per heavy atom. The molecule has 4 heteroatoms. The Morgan fingerprint density at radius 3 is 2.52 bits per heavy atom. The standard InChI is InChI=1S/C17H21N3S/c1-2-12-20-17-14(7-5-8-15(17)18)11-10-13-6-3-4-9-16(13)21-19/h3-11,20H,2,12,18-19H2,1H3/b11-10+. The van der Waals surface area contributed by atoms with Gasteiger partial charge in [-0.3, -0.25) is 5.14 Å². The van der Waals surface area contributed by atoms with Gasteiger partial charge in [0, 0.05) is 11.4 Å². The molecule has 0 aliphatic rings. The summed E-state index contributed by atoms with van der Waals surface area (Å²) in [5.74, 6) is 0. The smallest absolute Gasteiger partial charge is 0.0647 e. The highest BCUT2D eigenvalue weighted by Gasteiger charge is 2.03. The lowest BCUT2D eigenvalue weighted by molar-refractivity contribution is 0.980. The van der Waals surface area contributed by atoms with Gasteiger partial charge in [0.25, 0.3) is 0 Å². The molecule has 21 heavy (non-hydrogen) atoms. The highest BCUT2D eigenvalue weighted by atomic mass is 32.2. The molecule has 0 spiro atoms. The number of hydrogen-bond acceptors (Lipinski definition) is 4. The number of nitrogens with two attached hydrogens (primary N) is 2. The van der Waals surface area contributed by atoms with Gasteiger partial charge in [-0.25, -0.2) is 0 Å². The molecule has 0 heterocycles. The molecule has 0 radical (unpaired) electrons. The number of nitrogens with one attached hydrogen (secondary N) is 1. The van der Waals surface area contributed by atoms with E-state index in [0.29, 0.717) is 0 Å². The molecule has 2 rings (SSSR count). The third-order valence-electron chi connectivity index (χ3n) is 3.17. The average Bonchev–Trinajstić information content (AvgIpc) is 2.52. The van der Waals surface area contributed by atoms with E-state index in [4.69, 9.17) is 10.9 Å². The van der Waals surface area contributed by atoms with E-state index in [1.165, 1.54) is 11.9 Å². The molecule has 2 aromatic carbocycles. The second-order valence-electron chi connectivity index (χ2n) is 4.73. The fourth-order valence-corrected chi connectivity index (χ4v) is 2.52. The highest BCUT2D eigenvalue weighted by Crippen LogP contribution is 2.26. The first-order chi connectivity index (χ1) is 10.3. The second-order valence-corrected chi connectivity index (χ2v) is 5.40. The van der Waals surface area contributed by atoms with Crippen molar-refractivity contribution >= 4 is 35.5 Å². The maximum Gasteiger partial charge on any atom is 0.0647 e. The molecule has 110 valence electrons. The van der Waals surface area contributed by atoms with E-state index in [-0.39, 0.29) is 0 Å². The third kappa shape index (κ3) is 4.03. The van der Waals surface area contributed by atoms with Crippen LogP contribution in [-0.2, 0) is 0 Å². The minimum atomic E-state index is 0.770. The SMILES string of the molecule is CCCNc1c(N)cccc1/C=C/c1ccccc1SN. The Balaban J connectivity index is 2.30. The maximum atomic E-state index is 6.07. The molecule has 0 saturated carbocycles. The van der Waals surface area contributed by atoms with Crippen LogP contribution >= 0.6 is 11.9 Å². The van der Waals surface area contributed by atoms with Crippen LogP contribution in [0.3, 0.4) is 0 Å². The van der Waals surface area contributed by atoms with E-state index in [0.717, 1.165) is 40.4 Å². The van der Waals surface area contributed by atoms with Crippen LogP contribution in [0.2, 0.25) is 0 Å². The molecule has 0 saturated heterocycles. The van der Waals surface area contributed by atoms with Crippen LogP contribution in [-0.4, -0.2) is 6.54 Å². The van der Waals surface area contributed by atoms with Crippen molar-refractivity contribution in [3.05, 3.63) is 53.6 Å². The summed E-state index contributed by atoms with van der Waals surface area (Å²) in [7, 11) is 0. The van der Waals surface area contributed by atoms with Crippen LogP contribution < -0.4 is 16.2 Å². The molecule has 2 aromatic rings. The largest absolute Gasteiger partial charge is 0.397 e. The number of benzene rings is 2. The van der Waals surface area contributed by atoms with Gasteiger partial charge in [0.15, 0.2) is 0 Å². The number of rotatable bonds is 6. The molecule has 0 bridgehead atoms. The molecule has 3 nitrogen and oxygen atoms in total. The van der Waals surface area contributed by atoms with Crippen molar-refractivity contribution in [2.24, 2.45) is 5.14 Å². The highest BCUT2D eigenvalue weighted by molar-refractivity contribution is 7.97. The third-order valence-corrected chi connectivity index (χ3v) is 3.79. The number of nitrogen functional groups attached to an aromatic ring is 1. The summed E-state index contributed by atoms with van der Waals surface area (Å²) in [5, 5.41) is 9.08. The summed E-state index contributed by atoms with van der Waals surface area (Å²) < 4.78 is 0. The average molecular weight is 299 g/mol. The maximum absolute atomic E-state index is 6.07. The molecule has 0 unspecified atom stereocenters. The van der Waals surface area contributed by atoms with E-state index < -0.39 is 0 Å². The van der Waals surface area contributed by atoms with Crippen molar-refractivity contribution in [1.82, 2.24) is 0 Å². The first-order valence-corrected chi connectivity index (χ1v) is 7.90. The molecular weight excluding hydrogens is 278 g/mol. The van der Waals surface area contributed by atoms with Gasteiger partial charge >= 0.3 is 0 Å². The van der Waals surface area contributed by atoms with Crippen molar-refractivity contribution < 1.29 is 0 Å². The van der Waals surface area contributed by atoms with Crippen LogP contribution in [0.4, 0.5) is 11.4 Å². The second kappa shape index (κ2) is 7.76. The Bertz CT molecular complexity index is 623. The predicted molar refractivity (Wildman–Crippen MR) is 95.0 cm³/mol. The lowest BCUT2D eigenvalue weighted by atomic mass is 10.1. The summed E-state index contributed by atoms with van der Waals surface area (Å²) in [4.78, 5) is 1.06. The van der Waals surface area contributed by atoms with Gasteiger partial charge in [0.1, 0.15) is 0 Å². The minimum Gasteiger partial charge on any atom is -0.397 e. The van der Waals surface area contributed by atoms with E-state index >= 15 is 0 Å². The normalized spacial score (nSPS) is 11.0. The summed E-state index contributed by atoms with van der Waals surface area (Å²) in [5.41, 5.74) is 10.0. The fourth-order valence-electron chi connectivity index (χ4n) is 2.09. The van der Waals surface area contributed by atoms with E-state index in [1.54, 1.807) is 0 Å². The van der Waals surface area contributed by atoms with Crippen molar-refractivity contribution in [3.63, 3.8) is 0 Å². The summed E-state index contributed by atoms with van der Waals surface area (Å²) in [6.45, 7) is 3.04. The van der Waals surface area contributed by atoms with E-state index in [2.05, 4.69) is 36.5 Å². The molecule has 5 N–H and O–H groups in total. The quantitative estimate of drug-likeness (QED) is 0.424. The molecule has 0 fully saturated rings. The summed E-state index contributed by atoms with van der Waals surface area (Å²) in [6.07, 6.45) is 5.20. The van der Waals surface area contributed by atoms with Gasteiger partial charge in [-0.1, -0.05) is 49.4 Å². The van der Waals surface area contributed by atoms with Crippen molar-refractivity contribution in [3.8, 4) is 0 Å². The van der Waals surface area contributed by atoms with Gasteiger partial charge in [-0.2, -0.15) is 0 Å². The van der Waals surface area contributed by atoms with Crippen molar-refractivity contribution in [1.29, 1.82) is 0 Å². The first-order valence-electron chi connectivity index (χ1n) is 7.02. The predicted octanol–water partition coefficient (Wildman–Crippen LogP) is 4.23. The Labute approximate surface area is 130 Å². The Hall–Kier alpha value is -1.91. The molecule has 0 aliphatic heterocycles. The monoisotopic (exact) mass is 299 g/mol. The van der Waals surface area contributed by atoms with Crippen LogP contribution in [0.25, 0.3) is 12.2 Å². The van der Waals surface area contributed by atoms with Crippen LogP contribution in [0.15, 0.2) is 47.4 Å². The lowest BCUT2D eigenvalue weighted by Crippen LogP contribution is -2.04. The molecular formula is C17H21N3S. The van der Waals surface area contributed by atoms with Gasteiger partial charge in [-0.15, -0.1) is 0 Å². The topological polar surface area (TPSA) is 64.1 Å². The zero-order valence-electron chi connectivity index (χ0n) is 12.2. The van der Waals surface area contributed by atoms with Crippen LogP contribution in [0, 0.1) is 0 Å². The number of hydrogen-bond donors (Lipinski definition) is 3. The van der Waals surface area contributed by atoms with Gasteiger partial charge in [-0.05, 0) is 41.6 Å². The molecule has 0 aromatic heterocycles. The fraction of sp³-hybridized carbons (Fsp3) is 0.176. The molecule has 0 aliphatic carbocycles. The number of anilines is 2. The Morgan fingerprint density at radius 1 is 1.05 bits per heavy atom. The molecule has 0 atom stereocenters. The zero-order valence-corrected chi connectivity index (χ0v) is 13.0. The van der Waals surface area contributed by atoms with E-state index in [9.17, 15) is 0 Å². The van der Waals surface area contributed by atoms with E-state index in [1.807, 2.05) is 30.3 Å². The Kier molecular flexibility index (Phi) is 5.72. The lowest BCUT2D eigenvalue weighted by Gasteiger charge is -2.11. The minimum absolute atomic E-state index is 0.770. The van der Waals surface area contributed by atoms with Gasteiger partial charge in [0.2, 0.25) is 0 Å². The van der Waals surface area contributed by atoms with Crippen molar-refractivity contribution in [2.75, 3.05) is 17.6 Å². The van der Waals surface area contributed by atoms with Crippen LogP contribution in [0.5, 0.6) is 0 Å². The number of para-hydroxylation sites is 1.